The van der Waals surface area contributed by atoms with Crippen LogP contribution in [-0.4, -0.2) is 38.3 Å². The molecule has 2 amide bonds. The molecule has 47 heavy (non-hydrogen) atoms. The van der Waals surface area contributed by atoms with E-state index in [0.717, 1.165) is 32.9 Å². The van der Waals surface area contributed by atoms with Gasteiger partial charge < -0.3 is 21.1 Å². The number of anilines is 2. The minimum absolute atomic E-state index is 0.0512. The van der Waals surface area contributed by atoms with E-state index in [4.69, 9.17) is 11.7 Å². The van der Waals surface area contributed by atoms with Crippen molar-refractivity contribution in [1.29, 1.82) is 0 Å². The summed E-state index contributed by atoms with van der Waals surface area (Å²) < 4.78 is 0. The average molecular weight is 675 g/mol. The molecule has 5 aromatic rings. The van der Waals surface area contributed by atoms with Gasteiger partial charge in [0.25, 0.3) is 0 Å². The topological polar surface area (TPSA) is 172 Å². The van der Waals surface area contributed by atoms with Gasteiger partial charge in [-0.3, -0.25) is 9.59 Å². The van der Waals surface area contributed by atoms with Crippen LogP contribution in [0.4, 0.5) is 11.4 Å². The van der Waals surface area contributed by atoms with Gasteiger partial charge in [0.2, 0.25) is 17.6 Å². The second-order valence-electron chi connectivity index (χ2n) is 10.0. The fourth-order valence-electron chi connectivity index (χ4n) is 4.27. The van der Waals surface area contributed by atoms with E-state index >= 15 is 0 Å². The van der Waals surface area contributed by atoms with Gasteiger partial charge in [0.1, 0.15) is 0 Å². The molecule has 5 rings (SSSR count). The van der Waals surface area contributed by atoms with Crippen LogP contribution < -0.4 is 26.9 Å². The third-order valence-electron chi connectivity index (χ3n) is 6.48. The van der Waals surface area contributed by atoms with E-state index < -0.39 is 0 Å². The van der Waals surface area contributed by atoms with E-state index in [-0.39, 0.29) is 11.8 Å². The largest absolute Gasteiger partial charge is 0.321 e. The number of hydrogen-bond donors (Lipinski definition) is 4. The number of nitrogens with two attached hydrogens (primary N) is 2. The normalized spacial score (nSPS) is 10.6. The van der Waals surface area contributed by atoms with Crippen molar-refractivity contribution in [3.05, 3.63) is 98.9 Å². The molecular formula is C33H42N10O2S2. The van der Waals surface area contributed by atoms with Crippen LogP contribution in [0.1, 0.15) is 63.0 Å². The van der Waals surface area contributed by atoms with Gasteiger partial charge in [-0.2, -0.15) is 21.7 Å². The van der Waals surface area contributed by atoms with Crippen molar-refractivity contribution in [2.45, 2.75) is 60.0 Å². The predicted molar refractivity (Wildman–Crippen MR) is 192 cm³/mol. The zero-order valence-electron chi connectivity index (χ0n) is 27.1. The van der Waals surface area contributed by atoms with Crippen LogP contribution in [0.2, 0.25) is 0 Å². The number of aromatic nitrogens is 4. The van der Waals surface area contributed by atoms with Crippen molar-refractivity contribution in [2.24, 2.45) is 16.8 Å². The highest BCUT2D eigenvalue weighted by Gasteiger charge is 2.17. The molecule has 6 N–H and O–H groups in total. The molecular weight excluding hydrogens is 633 g/mol. The molecule has 0 radical (unpaired) electrons. The molecule has 3 aromatic heterocycles. The van der Waals surface area contributed by atoms with Gasteiger partial charge in [-0.25, -0.2) is 5.84 Å². The fraction of sp³-hybridized carbons (Fsp3) is 0.273. The monoisotopic (exact) mass is 674 g/mol. The summed E-state index contributed by atoms with van der Waals surface area (Å²) in [5, 5.41) is 23.6. The minimum atomic E-state index is 0.0512. The molecule has 12 nitrogen and oxygen atoms in total. The third kappa shape index (κ3) is 10.8. The maximum absolute atomic E-state index is 12.3. The lowest BCUT2D eigenvalue weighted by Crippen LogP contribution is -2.33. The summed E-state index contributed by atoms with van der Waals surface area (Å²) in [6.45, 7) is 9.07. The maximum Gasteiger partial charge on any atom is 0.227 e. The van der Waals surface area contributed by atoms with E-state index in [9.17, 15) is 9.59 Å². The van der Waals surface area contributed by atoms with Crippen molar-refractivity contribution in [1.82, 2.24) is 26.0 Å². The van der Waals surface area contributed by atoms with E-state index in [0.29, 0.717) is 37.6 Å². The summed E-state index contributed by atoms with van der Waals surface area (Å²) in [6, 6.07) is 21.0. The Hall–Kier alpha value is -4.92. The van der Waals surface area contributed by atoms with E-state index in [1.54, 1.807) is 32.5 Å². The molecule has 0 bridgehead atoms. The highest BCUT2D eigenvalue weighted by atomic mass is 32.1. The first kappa shape index (κ1) is 36.5. The van der Waals surface area contributed by atoms with Crippen molar-refractivity contribution < 1.29 is 9.59 Å². The van der Waals surface area contributed by atoms with Gasteiger partial charge in [-0.05, 0) is 63.3 Å². The number of carbonyl (C=O) groups is 2. The Morgan fingerprint density at radius 3 is 2.13 bits per heavy atom. The number of hydrogen-bond acceptors (Lipinski definition) is 10. The second-order valence-corrected chi connectivity index (χ2v) is 11.9. The summed E-state index contributed by atoms with van der Waals surface area (Å²) in [6.07, 6.45) is 2.14. The number of amides is 2. The summed E-state index contributed by atoms with van der Waals surface area (Å²) >= 11 is 3.25. The number of tetrazole rings is 1. The molecule has 2 aromatic carbocycles. The van der Waals surface area contributed by atoms with Crippen LogP contribution in [-0.2, 0) is 22.7 Å². The smallest absolute Gasteiger partial charge is 0.227 e. The molecule has 3 heterocycles. The summed E-state index contributed by atoms with van der Waals surface area (Å²) in [7, 11) is 0. The van der Waals surface area contributed by atoms with E-state index in [2.05, 4.69) is 45.0 Å². The molecule has 248 valence electrons. The minimum Gasteiger partial charge on any atom is -0.321 e. The molecule has 14 heteroatoms. The van der Waals surface area contributed by atoms with Crippen LogP contribution in [0.25, 0.3) is 11.4 Å². The molecule has 0 fully saturated rings. The zero-order valence-corrected chi connectivity index (χ0v) is 28.7. The van der Waals surface area contributed by atoms with Gasteiger partial charge in [-0.1, -0.05) is 64.4 Å². The van der Waals surface area contributed by atoms with E-state index in [1.807, 2.05) is 96.7 Å². The van der Waals surface area contributed by atoms with Crippen LogP contribution in [0.5, 0.6) is 0 Å². The first-order chi connectivity index (χ1) is 22.9. The van der Waals surface area contributed by atoms with Gasteiger partial charge in [0, 0.05) is 40.2 Å². The first-order valence-corrected chi connectivity index (χ1v) is 17.0. The number of benzene rings is 2. The Kier molecular flexibility index (Phi) is 15.2. The predicted octanol–water partition coefficient (Wildman–Crippen LogP) is 6.06. The number of rotatable bonds is 10. The first-order valence-electron chi connectivity index (χ1n) is 15.2. The summed E-state index contributed by atoms with van der Waals surface area (Å²) in [5.41, 5.74) is 6.71. The molecule has 0 unspecified atom stereocenters. The number of carbonyl (C=O) groups excluding carboxylic acids is 2. The van der Waals surface area contributed by atoms with Crippen molar-refractivity contribution in [3.63, 3.8) is 0 Å². The fourth-order valence-corrected chi connectivity index (χ4v) is 5.62. The molecule has 0 aliphatic carbocycles. The van der Waals surface area contributed by atoms with Crippen LogP contribution in [0, 0.1) is 0 Å². The standard InChI is InChI=1S/C15H15N5OS.C15H19N5OS.C3H8/c1-2-14(21)20(10-13-7-4-8-22-13)12-6-3-5-11(9-12)15-16-18-19-17-15;1-2-14(21)20(9-11-6-7-22-10-11)13-5-3-4-12(8-13)15(18-16)19-17;1-3-2/h3-9H,2,10H2,1H3,(H,16,17,18,19);3-8,10H,2,9,16-17H2,1H3,(H,18,19);3H2,1-2H3. The quantitative estimate of drug-likeness (QED) is 0.0599. The Labute approximate surface area is 283 Å². The molecule has 0 aliphatic heterocycles. The second kappa shape index (κ2) is 19.6. The Balaban J connectivity index is 0.000000236. The summed E-state index contributed by atoms with van der Waals surface area (Å²) in [4.78, 5) is 29.3. The number of thiophene rings is 2. The molecule has 0 atom stereocenters. The Morgan fingerprint density at radius 1 is 0.894 bits per heavy atom. The SMILES string of the molecule is CCC.CCC(=O)N(Cc1cccs1)c1cccc(-c2nn[nH]n2)c1.CCC(=O)N(Cc1ccsc1)c1cccc(/C(=N/N)NN)c1. The van der Waals surface area contributed by atoms with Gasteiger partial charge >= 0.3 is 0 Å². The number of nitrogens with zero attached hydrogens (tertiary/aromatic N) is 6. The van der Waals surface area contributed by atoms with Crippen LogP contribution in [0.3, 0.4) is 0 Å². The van der Waals surface area contributed by atoms with E-state index in [1.165, 1.54) is 6.42 Å². The highest BCUT2D eigenvalue weighted by molar-refractivity contribution is 7.09. The molecule has 0 aliphatic rings. The van der Waals surface area contributed by atoms with Crippen LogP contribution >= 0.6 is 22.7 Å². The number of nitrogens with one attached hydrogen (secondary N) is 2. The number of H-pyrrole nitrogens is 1. The maximum atomic E-state index is 12.3. The lowest BCUT2D eigenvalue weighted by atomic mass is 10.1. The molecule has 0 saturated carbocycles. The van der Waals surface area contributed by atoms with Gasteiger partial charge in [0.05, 0.1) is 13.1 Å². The van der Waals surface area contributed by atoms with Gasteiger partial charge in [-0.15, -0.1) is 21.5 Å². The molecule has 0 saturated heterocycles. The number of amidine groups is 1. The Bertz CT molecular complexity index is 1660. The van der Waals surface area contributed by atoms with Crippen molar-refractivity contribution in [3.8, 4) is 11.4 Å². The third-order valence-corrected chi connectivity index (χ3v) is 8.07. The summed E-state index contributed by atoms with van der Waals surface area (Å²) in [5.74, 6) is 11.7. The Morgan fingerprint density at radius 2 is 1.57 bits per heavy atom. The van der Waals surface area contributed by atoms with Crippen molar-refractivity contribution in [2.75, 3.05) is 9.80 Å². The number of aromatic amines is 1. The lowest BCUT2D eigenvalue weighted by Gasteiger charge is -2.22. The lowest BCUT2D eigenvalue weighted by molar-refractivity contribution is -0.119. The number of hydrazine groups is 1. The average Bonchev–Trinajstić information content (AvgIpc) is 3.92. The zero-order chi connectivity index (χ0) is 34.0. The molecule has 0 spiro atoms. The van der Waals surface area contributed by atoms with Crippen molar-refractivity contribution >= 4 is 51.7 Å². The highest BCUT2D eigenvalue weighted by Crippen LogP contribution is 2.25. The van der Waals surface area contributed by atoms with Gasteiger partial charge in [0.15, 0.2) is 5.84 Å². The van der Waals surface area contributed by atoms with Crippen LogP contribution in [0.15, 0.2) is 88.0 Å². The number of hydrazone groups is 1.